The first kappa shape index (κ1) is 9.79. The fourth-order valence-corrected chi connectivity index (χ4v) is 1.82. The van der Waals surface area contributed by atoms with Crippen molar-refractivity contribution in [3.8, 4) is 11.3 Å². The van der Waals surface area contributed by atoms with Crippen molar-refractivity contribution in [3.63, 3.8) is 0 Å². The molecule has 0 amide bonds. The number of halogens is 2. The lowest BCUT2D eigenvalue weighted by Gasteiger charge is -1.96. The van der Waals surface area contributed by atoms with E-state index in [1.807, 2.05) is 24.3 Å². The van der Waals surface area contributed by atoms with Gasteiger partial charge in [-0.25, -0.2) is 0 Å². The minimum Gasteiger partial charge on any atom is -0.380 e. The molecule has 0 unspecified atom stereocenters. The number of anilines is 1. The Labute approximate surface area is 99.4 Å². The number of nitrogens with zero attached hydrogens (tertiary/aromatic N) is 1. The second kappa shape index (κ2) is 3.78. The van der Waals surface area contributed by atoms with Gasteiger partial charge in [0.1, 0.15) is 5.02 Å². The summed E-state index contributed by atoms with van der Waals surface area (Å²) in [4.78, 5) is 0. The number of nitrogens with two attached hydrogens (primary N) is 1. The van der Waals surface area contributed by atoms with Crippen LogP contribution in [0.15, 0.2) is 28.8 Å². The number of benzene rings is 1. The van der Waals surface area contributed by atoms with Crippen LogP contribution >= 0.6 is 34.2 Å². The maximum atomic E-state index is 5.91. The van der Waals surface area contributed by atoms with Gasteiger partial charge >= 0.3 is 0 Å². The predicted molar refractivity (Wildman–Crippen MR) is 64.1 cm³/mol. The van der Waals surface area contributed by atoms with Crippen LogP contribution in [-0.4, -0.2) is 5.16 Å². The molecule has 1 aromatic heterocycles. The van der Waals surface area contributed by atoms with Crippen molar-refractivity contribution in [2.45, 2.75) is 0 Å². The molecule has 3 nitrogen and oxygen atoms in total. The Morgan fingerprint density at radius 3 is 2.79 bits per heavy atom. The van der Waals surface area contributed by atoms with E-state index in [1.165, 1.54) is 0 Å². The summed E-state index contributed by atoms with van der Waals surface area (Å²) in [5, 5.41) is 3.96. The number of rotatable bonds is 1. The molecule has 0 saturated carbocycles. The largest absolute Gasteiger partial charge is 0.380 e. The standard InChI is InChI=1S/C9H6ClIN2O/c10-7-8(14-13-9(7)12)5-2-1-3-6(11)4-5/h1-4H,(H2,12,13). The van der Waals surface area contributed by atoms with Gasteiger partial charge in [-0.3, -0.25) is 0 Å². The molecule has 0 fully saturated rings. The summed E-state index contributed by atoms with van der Waals surface area (Å²) < 4.78 is 6.13. The normalized spacial score (nSPS) is 10.4. The Kier molecular flexibility index (Phi) is 2.64. The molecular weight excluding hydrogens is 314 g/mol. The molecule has 72 valence electrons. The molecule has 2 aromatic rings. The molecule has 0 radical (unpaired) electrons. The molecule has 0 spiro atoms. The zero-order valence-corrected chi connectivity index (χ0v) is 9.91. The third kappa shape index (κ3) is 1.72. The number of hydrogen-bond acceptors (Lipinski definition) is 3. The van der Waals surface area contributed by atoms with Crippen LogP contribution in [0.3, 0.4) is 0 Å². The molecule has 5 heteroatoms. The highest BCUT2D eigenvalue weighted by Gasteiger charge is 2.13. The lowest BCUT2D eigenvalue weighted by atomic mass is 10.2. The Bertz CT molecular complexity index is 470. The molecule has 1 heterocycles. The topological polar surface area (TPSA) is 52.0 Å². The molecule has 2 N–H and O–H groups in total. The molecule has 0 atom stereocenters. The first-order valence-electron chi connectivity index (χ1n) is 3.85. The van der Waals surface area contributed by atoms with E-state index >= 15 is 0 Å². The van der Waals surface area contributed by atoms with Crippen molar-refractivity contribution in [1.82, 2.24) is 5.16 Å². The first-order valence-corrected chi connectivity index (χ1v) is 5.31. The van der Waals surface area contributed by atoms with Gasteiger partial charge in [-0.05, 0) is 34.7 Å². The third-order valence-corrected chi connectivity index (χ3v) is 2.78. The van der Waals surface area contributed by atoms with E-state index in [0.717, 1.165) is 9.13 Å². The maximum Gasteiger partial charge on any atom is 0.187 e. The van der Waals surface area contributed by atoms with E-state index in [-0.39, 0.29) is 5.82 Å². The van der Waals surface area contributed by atoms with Gasteiger partial charge in [0.2, 0.25) is 0 Å². The fourth-order valence-electron chi connectivity index (χ4n) is 1.10. The van der Waals surface area contributed by atoms with Crippen molar-refractivity contribution in [1.29, 1.82) is 0 Å². The molecule has 0 aliphatic rings. The van der Waals surface area contributed by atoms with Crippen molar-refractivity contribution in [2.24, 2.45) is 0 Å². The van der Waals surface area contributed by atoms with Gasteiger partial charge in [0.15, 0.2) is 11.6 Å². The van der Waals surface area contributed by atoms with Gasteiger partial charge < -0.3 is 10.3 Å². The molecular formula is C9H6ClIN2O. The van der Waals surface area contributed by atoms with Gasteiger partial charge in [-0.2, -0.15) is 0 Å². The van der Waals surface area contributed by atoms with Crippen molar-refractivity contribution >= 4 is 40.0 Å². The van der Waals surface area contributed by atoms with E-state index in [0.29, 0.717) is 10.8 Å². The molecule has 0 aliphatic heterocycles. The van der Waals surface area contributed by atoms with Crippen molar-refractivity contribution < 1.29 is 4.52 Å². The van der Waals surface area contributed by atoms with Gasteiger partial charge in [0, 0.05) is 9.13 Å². The minimum atomic E-state index is 0.223. The molecule has 0 bridgehead atoms. The summed E-state index contributed by atoms with van der Waals surface area (Å²) in [5.41, 5.74) is 6.36. The lowest BCUT2D eigenvalue weighted by molar-refractivity contribution is 0.436. The van der Waals surface area contributed by atoms with E-state index in [9.17, 15) is 0 Å². The average Bonchev–Trinajstić information content (AvgIpc) is 2.48. The summed E-state index contributed by atoms with van der Waals surface area (Å²) in [6.07, 6.45) is 0. The number of hydrogen-bond donors (Lipinski definition) is 1. The van der Waals surface area contributed by atoms with Crippen LogP contribution in [0.25, 0.3) is 11.3 Å². The molecule has 1 aromatic carbocycles. The van der Waals surface area contributed by atoms with Crippen LogP contribution in [0.1, 0.15) is 0 Å². The number of aromatic nitrogens is 1. The third-order valence-electron chi connectivity index (χ3n) is 1.75. The zero-order chi connectivity index (χ0) is 10.1. The predicted octanol–water partition coefficient (Wildman–Crippen LogP) is 3.18. The zero-order valence-electron chi connectivity index (χ0n) is 7.00. The van der Waals surface area contributed by atoms with E-state index in [4.69, 9.17) is 21.9 Å². The smallest absolute Gasteiger partial charge is 0.187 e. The molecule has 2 rings (SSSR count). The van der Waals surface area contributed by atoms with Gasteiger partial charge in [-0.15, -0.1) is 0 Å². The Morgan fingerprint density at radius 1 is 1.43 bits per heavy atom. The van der Waals surface area contributed by atoms with Crippen molar-refractivity contribution in [2.75, 3.05) is 5.73 Å². The van der Waals surface area contributed by atoms with Crippen LogP contribution in [0, 0.1) is 3.57 Å². The Balaban J connectivity index is 2.55. The monoisotopic (exact) mass is 320 g/mol. The summed E-state index contributed by atoms with van der Waals surface area (Å²) in [5.74, 6) is 0.739. The Hall–Kier alpha value is -0.750. The van der Waals surface area contributed by atoms with Crippen LogP contribution < -0.4 is 5.73 Å². The van der Waals surface area contributed by atoms with E-state index < -0.39 is 0 Å². The number of nitrogen functional groups attached to an aromatic ring is 1. The molecule has 0 saturated heterocycles. The highest BCUT2D eigenvalue weighted by atomic mass is 127. The highest BCUT2D eigenvalue weighted by Crippen LogP contribution is 2.32. The SMILES string of the molecule is Nc1noc(-c2cccc(I)c2)c1Cl. The summed E-state index contributed by atoms with van der Waals surface area (Å²) in [6, 6.07) is 7.75. The minimum absolute atomic E-state index is 0.223. The van der Waals surface area contributed by atoms with Crippen LogP contribution in [0.5, 0.6) is 0 Å². The van der Waals surface area contributed by atoms with Gasteiger partial charge in [0.05, 0.1) is 0 Å². The Morgan fingerprint density at radius 2 is 2.21 bits per heavy atom. The van der Waals surface area contributed by atoms with Gasteiger partial charge in [0.25, 0.3) is 0 Å². The van der Waals surface area contributed by atoms with Crippen LogP contribution in [0.4, 0.5) is 5.82 Å². The maximum absolute atomic E-state index is 5.91. The van der Waals surface area contributed by atoms with E-state index in [2.05, 4.69) is 27.7 Å². The first-order chi connectivity index (χ1) is 6.68. The summed E-state index contributed by atoms with van der Waals surface area (Å²) in [6.45, 7) is 0. The summed E-state index contributed by atoms with van der Waals surface area (Å²) >= 11 is 8.13. The quantitative estimate of drug-likeness (QED) is 0.821. The fraction of sp³-hybridized carbons (Fsp3) is 0. The molecule has 0 aliphatic carbocycles. The molecule has 14 heavy (non-hydrogen) atoms. The second-order valence-corrected chi connectivity index (χ2v) is 4.34. The second-order valence-electron chi connectivity index (χ2n) is 2.72. The lowest BCUT2D eigenvalue weighted by Crippen LogP contribution is -1.83. The summed E-state index contributed by atoms with van der Waals surface area (Å²) in [7, 11) is 0. The van der Waals surface area contributed by atoms with Crippen LogP contribution in [0.2, 0.25) is 5.02 Å². The average molecular weight is 321 g/mol. The van der Waals surface area contributed by atoms with E-state index in [1.54, 1.807) is 0 Å². The van der Waals surface area contributed by atoms with Crippen LogP contribution in [-0.2, 0) is 0 Å². The van der Waals surface area contributed by atoms with Crippen molar-refractivity contribution in [3.05, 3.63) is 32.9 Å². The highest BCUT2D eigenvalue weighted by molar-refractivity contribution is 14.1. The van der Waals surface area contributed by atoms with Gasteiger partial charge in [-0.1, -0.05) is 28.9 Å².